The van der Waals surface area contributed by atoms with E-state index in [1.807, 2.05) is 7.05 Å². The van der Waals surface area contributed by atoms with Crippen LogP contribution in [0.2, 0.25) is 0 Å². The van der Waals surface area contributed by atoms with Crippen molar-refractivity contribution in [3.8, 4) is 0 Å². The third kappa shape index (κ3) is 5.09. The molecule has 0 saturated carbocycles. The largest absolute Gasteiger partial charge is 0.354 e. The average Bonchev–Trinajstić information content (AvgIpc) is 2.63. The minimum absolute atomic E-state index is 0.314. The van der Waals surface area contributed by atoms with Crippen molar-refractivity contribution in [3.63, 3.8) is 0 Å². The zero-order valence-corrected chi connectivity index (χ0v) is 16.5. The van der Waals surface area contributed by atoms with Crippen LogP contribution in [0.4, 0.5) is 0 Å². The Morgan fingerprint density at radius 1 is 1.12 bits per heavy atom. The van der Waals surface area contributed by atoms with E-state index < -0.39 is 0 Å². The summed E-state index contributed by atoms with van der Waals surface area (Å²) in [5, 5.41) is 3.72. The number of guanidine groups is 1. The van der Waals surface area contributed by atoms with E-state index in [9.17, 15) is 0 Å². The second-order valence-electron chi connectivity index (χ2n) is 7.75. The highest BCUT2D eigenvalue weighted by molar-refractivity contribution is 5.79. The monoisotopic (exact) mass is 337 g/mol. The van der Waals surface area contributed by atoms with Crippen LogP contribution in [0.1, 0.15) is 51.9 Å². The van der Waals surface area contributed by atoms with Gasteiger partial charge >= 0.3 is 0 Å². The van der Waals surface area contributed by atoms with Crippen LogP contribution in [0.3, 0.4) is 0 Å². The molecular formula is C19H39N5. The summed E-state index contributed by atoms with van der Waals surface area (Å²) in [5.74, 6) is 1.05. The minimum atomic E-state index is 0.314. The zero-order chi connectivity index (χ0) is 17.4. The lowest BCUT2D eigenvalue weighted by atomic mass is 9.84. The maximum atomic E-state index is 4.52. The number of piperidine rings is 2. The fourth-order valence-corrected chi connectivity index (χ4v) is 4.14. The number of hydrogen-bond acceptors (Lipinski definition) is 3. The number of likely N-dealkylation sites (tertiary alicyclic amines) is 2. The summed E-state index contributed by atoms with van der Waals surface area (Å²) >= 11 is 0. The predicted octanol–water partition coefficient (Wildman–Crippen LogP) is 2.24. The maximum Gasteiger partial charge on any atom is 0.193 e. The van der Waals surface area contributed by atoms with Gasteiger partial charge in [-0.25, -0.2) is 0 Å². The molecule has 0 aromatic rings. The van der Waals surface area contributed by atoms with Crippen LogP contribution in [0.5, 0.6) is 0 Å². The zero-order valence-electron chi connectivity index (χ0n) is 16.5. The van der Waals surface area contributed by atoms with Crippen LogP contribution in [0.25, 0.3) is 0 Å². The molecule has 140 valence electrons. The first-order valence-corrected chi connectivity index (χ1v) is 9.96. The summed E-state index contributed by atoms with van der Waals surface area (Å²) in [6.07, 6.45) is 9.12. The van der Waals surface area contributed by atoms with E-state index in [1.54, 1.807) is 0 Å². The molecular weight excluding hydrogens is 298 g/mol. The fraction of sp³-hybridized carbons (Fsp3) is 0.947. The summed E-state index contributed by atoms with van der Waals surface area (Å²) in [7, 11) is 6.32. The van der Waals surface area contributed by atoms with Gasteiger partial charge in [0.05, 0.1) is 0 Å². The summed E-state index contributed by atoms with van der Waals surface area (Å²) < 4.78 is 0. The van der Waals surface area contributed by atoms with Crippen LogP contribution < -0.4 is 5.32 Å². The standard InChI is InChI=1S/C19H39N5/c1-5-6-12-23(4)18(20-2)21-17-19(10-15-22(3)16-11-19)24-13-8-7-9-14-24/h5-17H2,1-4H3,(H,20,21). The predicted molar refractivity (Wildman–Crippen MR) is 104 cm³/mol. The Labute approximate surface area is 149 Å². The molecule has 0 aromatic heterocycles. The van der Waals surface area contributed by atoms with E-state index in [2.05, 4.69) is 46.0 Å². The first-order chi connectivity index (χ1) is 11.6. The molecule has 1 N–H and O–H groups in total. The molecule has 0 aliphatic carbocycles. The van der Waals surface area contributed by atoms with Gasteiger partial charge in [-0.1, -0.05) is 19.8 Å². The second-order valence-corrected chi connectivity index (χ2v) is 7.75. The van der Waals surface area contributed by atoms with E-state index in [0.717, 1.165) is 19.0 Å². The Morgan fingerprint density at radius 2 is 1.79 bits per heavy atom. The molecule has 24 heavy (non-hydrogen) atoms. The van der Waals surface area contributed by atoms with Crippen LogP contribution in [-0.2, 0) is 0 Å². The van der Waals surface area contributed by atoms with Gasteiger partial charge in [-0.2, -0.15) is 0 Å². The lowest BCUT2D eigenvalue weighted by Crippen LogP contribution is -2.62. The first-order valence-electron chi connectivity index (χ1n) is 9.96. The van der Waals surface area contributed by atoms with E-state index >= 15 is 0 Å². The number of rotatable bonds is 6. The van der Waals surface area contributed by atoms with Gasteiger partial charge in [-0.3, -0.25) is 9.89 Å². The average molecular weight is 338 g/mol. The SMILES string of the molecule is CCCCN(C)C(=NC)NCC1(N2CCCCC2)CCN(C)CC1. The second kappa shape index (κ2) is 9.62. The van der Waals surface area contributed by atoms with Crippen molar-refractivity contribution in [1.29, 1.82) is 0 Å². The van der Waals surface area contributed by atoms with E-state index in [-0.39, 0.29) is 0 Å². The molecule has 0 amide bonds. The molecule has 0 spiro atoms. The van der Waals surface area contributed by atoms with E-state index in [1.165, 1.54) is 71.1 Å². The van der Waals surface area contributed by atoms with E-state index in [0.29, 0.717) is 5.54 Å². The molecule has 0 radical (unpaired) electrons. The Hall–Kier alpha value is -0.810. The Balaban J connectivity index is 1.99. The number of nitrogens with one attached hydrogen (secondary N) is 1. The van der Waals surface area contributed by atoms with Crippen molar-refractivity contribution in [2.75, 3.05) is 60.4 Å². The Morgan fingerprint density at radius 3 is 2.38 bits per heavy atom. The molecule has 2 saturated heterocycles. The molecule has 0 atom stereocenters. The van der Waals surface area contributed by atoms with Crippen LogP contribution in [-0.4, -0.2) is 86.6 Å². The maximum absolute atomic E-state index is 4.52. The normalized spacial score (nSPS) is 23.2. The summed E-state index contributed by atoms with van der Waals surface area (Å²) in [4.78, 5) is 12.1. The molecule has 0 aromatic carbocycles. The quantitative estimate of drug-likeness (QED) is 0.595. The van der Waals surface area contributed by atoms with Gasteiger partial charge in [0.1, 0.15) is 0 Å². The van der Waals surface area contributed by atoms with Gasteiger partial charge in [-0.15, -0.1) is 0 Å². The van der Waals surface area contributed by atoms with Crippen molar-refractivity contribution in [2.24, 2.45) is 4.99 Å². The van der Waals surface area contributed by atoms with E-state index in [4.69, 9.17) is 0 Å². The van der Waals surface area contributed by atoms with Crippen molar-refractivity contribution in [2.45, 2.75) is 57.4 Å². The molecule has 5 nitrogen and oxygen atoms in total. The molecule has 0 bridgehead atoms. The highest BCUT2D eigenvalue weighted by Crippen LogP contribution is 2.30. The molecule has 0 unspecified atom stereocenters. The van der Waals surface area contributed by atoms with Gasteiger partial charge < -0.3 is 15.1 Å². The number of unbranched alkanes of at least 4 members (excludes halogenated alkanes) is 1. The third-order valence-corrected chi connectivity index (χ3v) is 5.94. The third-order valence-electron chi connectivity index (χ3n) is 5.94. The van der Waals surface area contributed by atoms with Gasteiger partial charge in [0.2, 0.25) is 0 Å². The van der Waals surface area contributed by atoms with Crippen LogP contribution in [0, 0.1) is 0 Å². The number of hydrogen-bond donors (Lipinski definition) is 1. The summed E-state index contributed by atoms with van der Waals surface area (Å²) in [6.45, 7) is 9.32. The molecule has 2 fully saturated rings. The highest BCUT2D eigenvalue weighted by Gasteiger charge is 2.39. The summed E-state index contributed by atoms with van der Waals surface area (Å²) in [6, 6.07) is 0. The molecule has 2 aliphatic heterocycles. The van der Waals surface area contributed by atoms with Crippen LogP contribution >= 0.6 is 0 Å². The topological polar surface area (TPSA) is 34.1 Å². The highest BCUT2D eigenvalue weighted by atomic mass is 15.3. The number of nitrogens with zero attached hydrogens (tertiary/aromatic N) is 4. The number of aliphatic imine (C=N–C) groups is 1. The lowest BCUT2D eigenvalue weighted by molar-refractivity contribution is 0.0170. The van der Waals surface area contributed by atoms with Gasteiger partial charge in [0.15, 0.2) is 5.96 Å². The van der Waals surface area contributed by atoms with Gasteiger partial charge in [0.25, 0.3) is 0 Å². The summed E-state index contributed by atoms with van der Waals surface area (Å²) in [5.41, 5.74) is 0.314. The Bertz CT molecular complexity index is 381. The minimum Gasteiger partial charge on any atom is -0.354 e. The molecule has 2 rings (SSSR count). The van der Waals surface area contributed by atoms with Gasteiger partial charge in [0, 0.05) is 32.7 Å². The first kappa shape index (κ1) is 19.5. The smallest absolute Gasteiger partial charge is 0.193 e. The van der Waals surface area contributed by atoms with Crippen molar-refractivity contribution < 1.29 is 0 Å². The van der Waals surface area contributed by atoms with Crippen molar-refractivity contribution in [3.05, 3.63) is 0 Å². The fourth-order valence-electron chi connectivity index (χ4n) is 4.14. The molecule has 5 heteroatoms. The van der Waals surface area contributed by atoms with Crippen molar-refractivity contribution >= 4 is 5.96 Å². The van der Waals surface area contributed by atoms with Gasteiger partial charge in [-0.05, 0) is 65.3 Å². The van der Waals surface area contributed by atoms with Crippen molar-refractivity contribution in [1.82, 2.24) is 20.0 Å². The molecule has 2 heterocycles. The lowest BCUT2D eigenvalue weighted by Gasteiger charge is -2.50. The van der Waals surface area contributed by atoms with Crippen LogP contribution in [0.15, 0.2) is 4.99 Å². The Kier molecular flexibility index (Phi) is 7.82. The molecule has 2 aliphatic rings.